The van der Waals surface area contributed by atoms with Crippen molar-refractivity contribution in [3.05, 3.63) is 167 Å². The monoisotopic (exact) mass is 680 g/mol. The molecule has 262 valence electrons. The van der Waals surface area contributed by atoms with Gasteiger partial charge in [0.2, 0.25) is 0 Å². The summed E-state index contributed by atoms with van der Waals surface area (Å²) in [6, 6.07) is 52.5. The van der Waals surface area contributed by atoms with Gasteiger partial charge in [0.05, 0.1) is 11.4 Å². The fourth-order valence-electron chi connectivity index (χ4n) is 7.30. The van der Waals surface area contributed by atoms with Crippen LogP contribution >= 0.6 is 0 Å². The molecule has 0 N–H and O–H groups in total. The summed E-state index contributed by atoms with van der Waals surface area (Å²) in [6.45, 7) is 20.3. The quantitative estimate of drug-likeness (QED) is 0.116. The summed E-state index contributed by atoms with van der Waals surface area (Å²) in [5.41, 5.74) is 13.4. The van der Waals surface area contributed by atoms with Gasteiger partial charge in [-0.2, -0.15) is 0 Å². The van der Waals surface area contributed by atoms with Gasteiger partial charge in [0.15, 0.2) is 0 Å². The Kier molecular flexibility index (Phi) is 9.44. The van der Waals surface area contributed by atoms with Crippen LogP contribution in [-0.4, -0.2) is 0 Å². The van der Waals surface area contributed by atoms with Crippen LogP contribution in [-0.2, 0) is 5.41 Å². The number of rotatable bonds is 8. The van der Waals surface area contributed by atoms with E-state index in [2.05, 4.69) is 212 Å². The zero-order valence-corrected chi connectivity index (χ0v) is 32.3. The van der Waals surface area contributed by atoms with E-state index in [4.69, 9.17) is 0 Å². The molecule has 0 unspecified atom stereocenters. The Labute approximate surface area is 311 Å². The van der Waals surface area contributed by atoms with Gasteiger partial charge in [-0.1, -0.05) is 145 Å². The van der Waals surface area contributed by atoms with Crippen molar-refractivity contribution in [1.82, 2.24) is 0 Å². The molecule has 0 heterocycles. The lowest BCUT2D eigenvalue weighted by atomic mass is 9.84. The number of fused-ring (bicyclic) bond motifs is 2. The first-order valence-corrected chi connectivity index (χ1v) is 18.8. The number of hydrogen-bond acceptors (Lipinski definition) is 2. The molecule has 0 bridgehead atoms. The van der Waals surface area contributed by atoms with E-state index >= 15 is 0 Å². The summed E-state index contributed by atoms with van der Waals surface area (Å²) in [5, 5.41) is 4.86. The van der Waals surface area contributed by atoms with Gasteiger partial charge in [0.25, 0.3) is 0 Å². The molecule has 0 aliphatic carbocycles. The van der Waals surface area contributed by atoms with Crippen molar-refractivity contribution >= 4 is 55.7 Å². The molecular weight excluding hydrogens is 629 g/mol. The van der Waals surface area contributed by atoms with Crippen LogP contribution in [0.25, 0.3) is 21.5 Å². The fourth-order valence-corrected chi connectivity index (χ4v) is 7.30. The van der Waals surface area contributed by atoms with Crippen molar-refractivity contribution in [2.24, 2.45) is 0 Å². The lowest BCUT2D eigenvalue weighted by Gasteiger charge is -2.33. The van der Waals surface area contributed by atoms with E-state index in [1.807, 2.05) is 0 Å². The molecule has 0 spiro atoms. The lowest BCUT2D eigenvalue weighted by Crippen LogP contribution is -2.16. The first kappa shape index (κ1) is 35.1. The summed E-state index contributed by atoms with van der Waals surface area (Å²) in [4.78, 5) is 4.96. The van der Waals surface area contributed by atoms with Gasteiger partial charge in [-0.15, -0.1) is 0 Å². The summed E-state index contributed by atoms with van der Waals surface area (Å²) in [5.74, 6) is 0.917. The van der Waals surface area contributed by atoms with Crippen LogP contribution in [0, 0.1) is 13.8 Å². The van der Waals surface area contributed by atoms with Crippen molar-refractivity contribution in [3.8, 4) is 0 Å². The first-order valence-electron chi connectivity index (χ1n) is 18.8. The lowest BCUT2D eigenvalue weighted by molar-refractivity contribution is 0.591. The molecule has 7 aromatic rings. The normalized spacial score (nSPS) is 11.9. The maximum Gasteiger partial charge on any atom is 0.0620 e. The molecule has 7 rings (SSSR count). The Morgan fingerprint density at radius 1 is 0.404 bits per heavy atom. The van der Waals surface area contributed by atoms with E-state index in [1.54, 1.807) is 0 Å². The predicted octanol–water partition coefficient (Wildman–Crippen LogP) is 15.1. The number of benzene rings is 7. The topological polar surface area (TPSA) is 6.48 Å². The van der Waals surface area contributed by atoms with Crippen LogP contribution in [0.15, 0.2) is 140 Å². The minimum atomic E-state index is -0.0335. The molecule has 52 heavy (non-hydrogen) atoms. The van der Waals surface area contributed by atoms with Gasteiger partial charge < -0.3 is 9.80 Å². The van der Waals surface area contributed by atoms with Crippen LogP contribution in [0.4, 0.5) is 34.1 Å². The van der Waals surface area contributed by atoms with Gasteiger partial charge in [0.1, 0.15) is 0 Å². The third-order valence-corrected chi connectivity index (χ3v) is 10.5. The number of hydrogen-bond donors (Lipinski definition) is 0. The van der Waals surface area contributed by atoms with Crippen molar-refractivity contribution in [3.63, 3.8) is 0 Å². The molecule has 0 radical (unpaired) electrons. The highest BCUT2D eigenvalue weighted by Gasteiger charge is 2.27. The Hall–Kier alpha value is -5.34. The van der Waals surface area contributed by atoms with Gasteiger partial charge in [-0.05, 0) is 102 Å². The standard InChI is InChI=1S/C50H52N2/c1-33(2)37-18-27-42(28-19-37)51(40-23-14-35(5)15-24-40)48-44-12-10-11-13-45(44)49(47-32-39(50(7,8)9)22-31-46(47)48)52(41-25-16-36(6)17-26-41)43-29-20-38(21-30-43)34(3)4/h10-34H,1-9H3. The Bertz CT molecular complexity index is 2320. The highest BCUT2D eigenvalue weighted by atomic mass is 15.2. The molecule has 0 saturated carbocycles. The molecule has 0 amide bonds. The molecule has 0 saturated heterocycles. The van der Waals surface area contributed by atoms with Gasteiger partial charge in [-0.25, -0.2) is 0 Å². The highest BCUT2D eigenvalue weighted by Crippen LogP contribution is 2.51. The average molecular weight is 681 g/mol. The zero-order valence-electron chi connectivity index (χ0n) is 32.3. The van der Waals surface area contributed by atoms with E-state index in [0.29, 0.717) is 11.8 Å². The van der Waals surface area contributed by atoms with Crippen molar-refractivity contribution < 1.29 is 0 Å². The molecule has 0 aliphatic heterocycles. The third kappa shape index (κ3) is 6.71. The Morgan fingerprint density at radius 2 is 0.750 bits per heavy atom. The van der Waals surface area contributed by atoms with Gasteiger partial charge >= 0.3 is 0 Å². The van der Waals surface area contributed by atoms with Crippen LogP contribution in [0.1, 0.15) is 88.1 Å². The second-order valence-electron chi connectivity index (χ2n) is 16.1. The van der Waals surface area contributed by atoms with E-state index in [1.165, 1.54) is 60.7 Å². The fraction of sp³-hybridized carbons (Fsp3) is 0.240. The van der Waals surface area contributed by atoms with Crippen LogP contribution in [0.2, 0.25) is 0 Å². The maximum absolute atomic E-state index is 2.48. The Morgan fingerprint density at radius 3 is 1.12 bits per heavy atom. The van der Waals surface area contributed by atoms with Crippen LogP contribution in [0.3, 0.4) is 0 Å². The number of aryl methyl sites for hydroxylation is 2. The van der Waals surface area contributed by atoms with E-state index in [9.17, 15) is 0 Å². The SMILES string of the molecule is Cc1ccc(N(c2ccc(C(C)C)cc2)c2c3ccccc3c(N(c3ccc(C)cc3)c3ccc(C(C)C)cc3)c3cc(C(C)(C)C)ccc23)cc1. The third-order valence-electron chi connectivity index (χ3n) is 10.5. The first-order chi connectivity index (χ1) is 24.9. The maximum atomic E-state index is 2.48. The molecule has 0 atom stereocenters. The summed E-state index contributed by atoms with van der Waals surface area (Å²) < 4.78 is 0. The second-order valence-corrected chi connectivity index (χ2v) is 16.1. The van der Waals surface area contributed by atoms with Crippen molar-refractivity contribution in [2.75, 3.05) is 9.80 Å². The van der Waals surface area contributed by atoms with Gasteiger partial charge in [-0.3, -0.25) is 0 Å². The van der Waals surface area contributed by atoms with Crippen LogP contribution < -0.4 is 9.80 Å². The molecule has 2 nitrogen and oxygen atoms in total. The van der Waals surface area contributed by atoms with Crippen molar-refractivity contribution in [2.45, 2.75) is 79.6 Å². The molecule has 0 aromatic heterocycles. The molecule has 0 aliphatic rings. The minimum Gasteiger partial charge on any atom is -0.309 e. The highest BCUT2D eigenvalue weighted by molar-refractivity contribution is 6.23. The summed E-state index contributed by atoms with van der Waals surface area (Å²) in [7, 11) is 0. The number of anilines is 6. The molecule has 2 heteroatoms. The van der Waals surface area contributed by atoms with E-state index in [0.717, 1.165) is 22.7 Å². The molecule has 7 aromatic carbocycles. The van der Waals surface area contributed by atoms with Crippen molar-refractivity contribution in [1.29, 1.82) is 0 Å². The summed E-state index contributed by atoms with van der Waals surface area (Å²) in [6.07, 6.45) is 0. The zero-order chi connectivity index (χ0) is 36.7. The molecular formula is C50H52N2. The Balaban J connectivity index is 1.62. The summed E-state index contributed by atoms with van der Waals surface area (Å²) >= 11 is 0. The predicted molar refractivity (Wildman–Crippen MR) is 227 cm³/mol. The van der Waals surface area contributed by atoms with Gasteiger partial charge in [0, 0.05) is 44.3 Å². The second kappa shape index (κ2) is 14.0. The minimum absolute atomic E-state index is 0.0335. The number of nitrogens with zero attached hydrogens (tertiary/aromatic N) is 2. The smallest absolute Gasteiger partial charge is 0.0620 e. The van der Waals surface area contributed by atoms with E-state index in [-0.39, 0.29) is 5.41 Å². The average Bonchev–Trinajstić information content (AvgIpc) is 3.13. The largest absolute Gasteiger partial charge is 0.309 e. The molecule has 0 fully saturated rings. The van der Waals surface area contributed by atoms with Crippen LogP contribution in [0.5, 0.6) is 0 Å². The van der Waals surface area contributed by atoms with E-state index < -0.39 is 0 Å².